The lowest BCUT2D eigenvalue weighted by atomic mass is 9.82. The molecule has 0 unspecified atom stereocenters. The Balaban J connectivity index is 1.09. The molecule has 0 saturated heterocycles. The molecule has 2 aliphatic rings. The summed E-state index contributed by atoms with van der Waals surface area (Å²) in [6, 6.07) is 63.0. The molecule has 0 bridgehead atoms. The SMILES string of the molecule is CC1(C)c2ccccc2-c2cc(N(c3ccc(-c4ccc(C5CCCCC5)cc4)cc3)c3ccc4ccccc4c3-c3ccc4c(c3)oc3ccccc34)ccc21. The highest BCUT2D eigenvalue weighted by Crippen LogP contribution is 2.52. The van der Waals surface area contributed by atoms with Gasteiger partial charge in [-0.3, -0.25) is 0 Å². The fourth-order valence-electron chi connectivity index (χ4n) is 10.1. The van der Waals surface area contributed by atoms with Gasteiger partial charge in [0.1, 0.15) is 11.2 Å². The van der Waals surface area contributed by atoms with Gasteiger partial charge >= 0.3 is 0 Å². The topological polar surface area (TPSA) is 16.4 Å². The van der Waals surface area contributed by atoms with E-state index in [1.807, 2.05) is 6.07 Å². The average molecular weight is 736 g/mol. The monoisotopic (exact) mass is 735 g/mol. The third kappa shape index (κ3) is 5.61. The zero-order chi connectivity index (χ0) is 38.1. The molecule has 11 rings (SSSR count). The van der Waals surface area contributed by atoms with E-state index in [2.05, 4.69) is 183 Å². The van der Waals surface area contributed by atoms with E-state index in [1.165, 1.54) is 87.4 Å². The summed E-state index contributed by atoms with van der Waals surface area (Å²) in [6.45, 7) is 4.70. The molecule has 2 heteroatoms. The molecule has 2 nitrogen and oxygen atoms in total. The van der Waals surface area contributed by atoms with Gasteiger partial charge in [-0.25, -0.2) is 0 Å². The molecule has 0 radical (unpaired) electrons. The minimum atomic E-state index is -0.0699. The summed E-state index contributed by atoms with van der Waals surface area (Å²) >= 11 is 0. The van der Waals surface area contributed by atoms with Crippen LogP contribution in [0.15, 0.2) is 174 Å². The summed E-state index contributed by atoms with van der Waals surface area (Å²) in [5.41, 5.74) is 16.8. The number of hydrogen-bond acceptors (Lipinski definition) is 2. The molecule has 0 atom stereocenters. The van der Waals surface area contributed by atoms with Crippen LogP contribution in [0.5, 0.6) is 0 Å². The maximum absolute atomic E-state index is 6.48. The van der Waals surface area contributed by atoms with E-state index in [0.717, 1.165) is 44.6 Å². The second kappa shape index (κ2) is 13.4. The molecule has 1 saturated carbocycles. The third-order valence-electron chi connectivity index (χ3n) is 13.1. The van der Waals surface area contributed by atoms with Gasteiger partial charge in [-0.1, -0.05) is 154 Å². The van der Waals surface area contributed by atoms with E-state index in [-0.39, 0.29) is 5.41 Å². The Labute approximate surface area is 335 Å². The van der Waals surface area contributed by atoms with E-state index in [1.54, 1.807) is 0 Å². The number of rotatable bonds is 6. The summed E-state index contributed by atoms with van der Waals surface area (Å²) in [5, 5.41) is 4.69. The van der Waals surface area contributed by atoms with Crippen molar-refractivity contribution in [3.63, 3.8) is 0 Å². The fraction of sp³-hybridized carbons (Fsp3) is 0.164. The Morgan fingerprint density at radius 2 is 1.14 bits per heavy atom. The van der Waals surface area contributed by atoms with E-state index >= 15 is 0 Å². The van der Waals surface area contributed by atoms with Crippen molar-refractivity contribution in [3.05, 3.63) is 187 Å². The largest absolute Gasteiger partial charge is 0.456 e. The molecular formula is C55H45NO. The van der Waals surface area contributed by atoms with E-state index in [9.17, 15) is 0 Å². The smallest absolute Gasteiger partial charge is 0.136 e. The van der Waals surface area contributed by atoms with Crippen LogP contribution >= 0.6 is 0 Å². The highest BCUT2D eigenvalue weighted by atomic mass is 16.3. The maximum atomic E-state index is 6.48. The van der Waals surface area contributed by atoms with Gasteiger partial charge < -0.3 is 9.32 Å². The molecule has 0 spiro atoms. The van der Waals surface area contributed by atoms with Crippen LogP contribution in [0.25, 0.3) is 66.1 Å². The van der Waals surface area contributed by atoms with Crippen molar-refractivity contribution in [2.75, 3.05) is 4.90 Å². The van der Waals surface area contributed by atoms with Crippen molar-refractivity contribution in [2.45, 2.75) is 57.3 Å². The van der Waals surface area contributed by atoms with Crippen molar-refractivity contribution in [2.24, 2.45) is 0 Å². The molecule has 2 aliphatic carbocycles. The summed E-state index contributed by atoms with van der Waals surface area (Å²) in [6.07, 6.45) is 6.72. The molecular weight excluding hydrogens is 691 g/mol. The molecule has 57 heavy (non-hydrogen) atoms. The van der Waals surface area contributed by atoms with Crippen molar-refractivity contribution in [1.82, 2.24) is 0 Å². The zero-order valence-electron chi connectivity index (χ0n) is 32.6. The van der Waals surface area contributed by atoms with Gasteiger partial charge in [-0.2, -0.15) is 0 Å². The molecule has 1 fully saturated rings. The van der Waals surface area contributed by atoms with Crippen molar-refractivity contribution in [3.8, 4) is 33.4 Å². The number of anilines is 3. The molecule has 0 aliphatic heterocycles. The van der Waals surface area contributed by atoms with Crippen LogP contribution in [0, 0.1) is 0 Å². The number of fused-ring (bicyclic) bond motifs is 7. The predicted octanol–water partition coefficient (Wildman–Crippen LogP) is 15.9. The number of hydrogen-bond donors (Lipinski definition) is 0. The van der Waals surface area contributed by atoms with Crippen molar-refractivity contribution >= 4 is 49.8 Å². The van der Waals surface area contributed by atoms with Gasteiger partial charge in [0.2, 0.25) is 0 Å². The Morgan fingerprint density at radius 1 is 0.491 bits per heavy atom. The highest BCUT2D eigenvalue weighted by Gasteiger charge is 2.35. The molecule has 8 aromatic carbocycles. The summed E-state index contributed by atoms with van der Waals surface area (Å²) in [7, 11) is 0. The van der Waals surface area contributed by atoms with E-state index < -0.39 is 0 Å². The normalized spacial score (nSPS) is 14.9. The first-order valence-corrected chi connectivity index (χ1v) is 20.7. The Kier molecular flexibility index (Phi) is 7.96. The van der Waals surface area contributed by atoms with Crippen LogP contribution in [0.1, 0.15) is 68.6 Å². The van der Waals surface area contributed by atoms with Crippen molar-refractivity contribution in [1.29, 1.82) is 0 Å². The number of furan rings is 1. The Bertz CT molecular complexity index is 2960. The van der Waals surface area contributed by atoms with Gasteiger partial charge in [0.05, 0.1) is 5.69 Å². The van der Waals surface area contributed by atoms with Gasteiger partial charge in [-0.15, -0.1) is 0 Å². The second-order valence-electron chi connectivity index (χ2n) is 16.7. The minimum Gasteiger partial charge on any atom is -0.456 e. The van der Waals surface area contributed by atoms with E-state index in [4.69, 9.17) is 4.42 Å². The number of benzene rings is 8. The molecule has 9 aromatic rings. The lowest BCUT2D eigenvalue weighted by Crippen LogP contribution is -2.15. The minimum absolute atomic E-state index is 0.0699. The van der Waals surface area contributed by atoms with Crippen LogP contribution in [0.4, 0.5) is 17.1 Å². The van der Waals surface area contributed by atoms with Crippen molar-refractivity contribution < 1.29 is 4.42 Å². The van der Waals surface area contributed by atoms with Crippen LogP contribution in [-0.4, -0.2) is 0 Å². The predicted molar refractivity (Wildman–Crippen MR) is 240 cm³/mol. The number of para-hydroxylation sites is 1. The van der Waals surface area contributed by atoms with Gasteiger partial charge in [0, 0.05) is 33.1 Å². The Hall–Kier alpha value is -6.38. The maximum Gasteiger partial charge on any atom is 0.136 e. The molecule has 0 amide bonds. The number of nitrogens with zero attached hydrogens (tertiary/aromatic N) is 1. The van der Waals surface area contributed by atoms with Gasteiger partial charge in [-0.05, 0) is 123 Å². The van der Waals surface area contributed by atoms with Gasteiger partial charge in [0.15, 0.2) is 0 Å². The van der Waals surface area contributed by atoms with Crippen LogP contribution < -0.4 is 4.90 Å². The first-order chi connectivity index (χ1) is 28.0. The molecule has 0 N–H and O–H groups in total. The van der Waals surface area contributed by atoms with Gasteiger partial charge in [0.25, 0.3) is 0 Å². The first-order valence-electron chi connectivity index (χ1n) is 20.7. The first kappa shape index (κ1) is 33.9. The fourth-order valence-corrected chi connectivity index (χ4v) is 10.1. The lowest BCUT2D eigenvalue weighted by molar-refractivity contribution is 0.443. The summed E-state index contributed by atoms with van der Waals surface area (Å²) < 4.78 is 6.48. The Morgan fingerprint density at radius 3 is 1.96 bits per heavy atom. The highest BCUT2D eigenvalue weighted by molar-refractivity contribution is 6.10. The van der Waals surface area contributed by atoms with Crippen LogP contribution in [0.2, 0.25) is 0 Å². The van der Waals surface area contributed by atoms with E-state index in [0.29, 0.717) is 5.92 Å². The lowest BCUT2D eigenvalue weighted by Gasteiger charge is -2.30. The molecule has 276 valence electrons. The summed E-state index contributed by atoms with van der Waals surface area (Å²) in [5.74, 6) is 0.706. The van der Waals surface area contributed by atoms with Crippen LogP contribution in [-0.2, 0) is 5.41 Å². The zero-order valence-corrected chi connectivity index (χ0v) is 32.6. The quantitative estimate of drug-likeness (QED) is 0.169. The average Bonchev–Trinajstić information content (AvgIpc) is 3.75. The molecule has 1 aromatic heterocycles. The summed E-state index contributed by atoms with van der Waals surface area (Å²) in [4.78, 5) is 2.47. The molecule has 1 heterocycles. The standard InChI is InChI=1S/C55H45NO/c1-55(2)49-18-10-8-16-45(49)48-35-43(30-32-50(48)55)56(42-28-24-39(25-29-42)38-22-20-37(21-23-38)36-12-4-3-5-13-36)51-33-27-40-14-6-7-15-44(40)54(51)41-26-31-47-46-17-9-11-19-52(46)57-53(47)34-41/h6-11,14-36H,3-5,12-13H2,1-2H3. The van der Waals surface area contributed by atoms with Crippen LogP contribution in [0.3, 0.4) is 0 Å². The second-order valence-corrected chi connectivity index (χ2v) is 16.7. The third-order valence-corrected chi connectivity index (χ3v) is 13.1.